The predicted molar refractivity (Wildman–Crippen MR) is 108 cm³/mol. The fourth-order valence-corrected chi connectivity index (χ4v) is 4.16. The number of benzene rings is 1. The van der Waals surface area contributed by atoms with Crippen molar-refractivity contribution in [3.05, 3.63) is 53.5 Å². The van der Waals surface area contributed by atoms with Gasteiger partial charge in [0.25, 0.3) is 0 Å². The van der Waals surface area contributed by atoms with Gasteiger partial charge in [0.15, 0.2) is 0 Å². The third kappa shape index (κ3) is 3.75. The lowest BCUT2D eigenvalue weighted by molar-refractivity contribution is 0.0359. The largest absolute Gasteiger partial charge is 0.379 e. The van der Waals surface area contributed by atoms with Crippen LogP contribution in [0, 0.1) is 0 Å². The van der Waals surface area contributed by atoms with Crippen LogP contribution in [0.3, 0.4) is 0 Å². The van der Waals surface area contributed by atoms with Crippen LogP contribution in [0.5, 0.6) is 0 Å². The molecule has 4 rings (SSSR count). The van der Waals surface area contributed by atoms with Gasteiger partial charge < -0.3 is 9.30 Å². The van der Waals surface area contributed by atoms with Crippen LogP contribution in [0.25, 0.3) is 22.5 Å². The Balaban J connectivity index is 1.60. The van der Waals surface area contributed by atoms with Gasteiger partial charge in [-0.2, -0.15) is 11.3 Å². The lowest BCUT2D eigenvalue weighted by Gasteiger charge is -2.28. The molecule has 0 bridgehead atoms. The second-order valence-electron chi connectivity index (χ2n) is 6.82. The van der Waals surface area contributed by atoms with Crippen molar-refractivity contribution in [1.29, 1.82) is 0 Å². The minimum atomic E-state index is 0.401. The highest BCUT2D eigenvalue weighted by Crippen LogP contribution is 2.34. The average Bonchev–Trinajstić information content (AvgIpc) is 3.37. The third-order valence-corrected chi connectivity index (χ3v) is 5.76. The molecule has 2 aromatic heterocycles. The summed E-state index contributed by atoms with van der Waals surface area (Å²) in [5.74, 6) is 0. The van der Waals surface area contributed by atoms with E-state index < -0.39 is 0 Å². The van der Waals surface area contributed by atoms with E-state index in [1.165, 1.54) is 16.8 Å². The van der Waals surface area contributed by atoms with Gasteiger partial charge in [-0.1, -0.05) is 30.3 Å². The summed E-state index contributed by atoms with van der Waals surface area (Å²) in [7, 11) is 0. The molecule has 1 aliphatic heterocycles. The number of aromatic nitrogens is 2. The number of hydrogen-bond acceptors (Lipinski definition) is 4. The number of imidazole rings is 1. The lowest BCUT2D eigenvalue weighted by Crippen LogP contribution is -2.37. The molecule has 1 saturated heterocycles. The fraction of sp³-hybridized carbons (Fsp3) is 0.381. The average molecular weight is 368 g/mol. The van der Waals surface area contributed by atoms with Gasteiger partial charge in [0.2, 0.25) is 0 Å². The van der Waals surface area contributed by atoms with E-state index in [0.29, 0.717) is 6.04 Å². The highest BCUT2D eigenvalue weighted by atomic mass is 32.1. The molecule has 0 saturated carbocycles. The zero-order chi connectivity index (χ0) is 17.8. The van der Waals surface area contributed by atoms with E-state index in [-0.39, 0.29) is 0 Å². The Hall–Kier alpha value is -1.95. The van der Waals surface area contributed by atoms with Crippen LogP contribution in [0.4, 0.5) is 0 Å². The molecule has 0 unspecified atom stereocenters. The Morgan fingerprint density at radius 2 is 1.92 bits per heavy atom. The maximum Gasteiger partial charge on any atom is 0.0963 e. The molecule has 0 radical (unpaired) electrons. The van der Waals surface area contributed by atoms with Crippen LogP contribution in [0.15, 0.2) is 53.5 Å². The van der Waals surface area contributed by atoms with Crippen molar-refractivity contribution in [2.24, 2.45) is 0 Å². The molecular formula is C21H25N3OS. The summed E-state index contributed by atoms with van der Waals surface area (Å²) in [5, 5.41) is 4.36. The third-order valence-electron chi connectivity index (χ3n) is 5.08. The van der Waals surface area contributed by atoms with Gasteiger partial charge in [-0.05, 0) is 24.8 Å². The molecule has 136 valence electrons. The molecule has 0 aliphatic carbocycles. The Kier molecular flexibility index (Phi) is 5.48. The number of rotatable bonds is 6. The first-order valence-corrected chi connectivity index (χ1v) is 10.2. The van der Waals surface area contributed by atoms with Crippen molar-refractivity contribution in [2.45, 2.75) is 19.4 Å². The number of morpholine rings is 1. The van der Waals surface area contributed by atoms with E-state index in [9.17, 15) is 0 Å². The van der Waals surface area contributed by atoms with Crippen molar-refractivity contribution in [3.63, 3.8) is 0 Å². The van der Waals surface area contributed by atoms with Crippen molar-refractivity contribution in [1.82, 2.24) is 14.5 Å². The number of hydrogen-bond donors (Lipinski definition) is 0. The lowest BCUT2D eigenvalue weighted by atomic mass is 10.1. The van der Waals surface area contributed by atoms with Crippen molar-refractivity contribution < 1.29 is 4.74 Å². The highest BCUT2D eigenvalue weighted by molar-refractivity contribution is 7.08. The molecule has 0 spiro atoms. The topological polar surface area (TPSA) is 30.3 Å². The van der Waals surface area contributed by atoms with Crippen molar-refractivity contribution in [2.75, 3.05) is 32.8 Å². The summed E-state index contributed by atoms with van der Waals surface area (Å²) >= 11 is 1.73. The molecule has 3 aromatic rings. The van der Waals surface area contributed by atoms with Gasteiger partial charge in [0.05, 0.1) is 30.9 Å². The minimum absolute atomic E-state index is 0.401. The summed E-state index contributed by atoms with van der Waals surface area (Å²) in [6.07, 6.45) is 3.13. The maximum atomic E-state index is 5.46. The summed E-state index contributed by atoms with van der Waals surface area (Å²) in [6, 6.07) is 13.1. The van der Waals surface area contributed by atoms with Gasteiger partial charge in [-0.15, -0.1) is 0 Å². The normalized spacial score (nSPS) is 16.7. The second kappa shape index (κ2) is 8.16. The van der Waals surface area contributed by atoms with Crippen molar-refractivity contribution in [3.8, 4) is 22.5 Å². The van der Waals surface area contributed by atoms with Gasteiger partial charge in [0, 0.05) is 42.2 Å². The van der Waals surface area contributed by atoms with Crippen LogP contribution in [0.1, 0.15) is 19.4 Å². The summed E-state index contributed by atoms with van der Waals surface area (Å²) < 4.78 is 7.81. The van der Waals surface area contributed by atoms with Crippen LogP contribution < -0.4 is 0 Å². The minimum Gasteiger partial charge on any atom is -0.379 e. The Morgan fingerprint density at radius 1 is 1.12 bits per heavy atom. The van der Waals surface area contributed by atoms with Gasteiger partial charge >= 0.3 is 0 Å². The van der Waals surface area contributed by atoms with Crippen LogP contribution in [0.2, 0.25) is 0 Å². The number of ether oxygens (including phenoxy) is 1. The molecule has 1 aliphatic rings. The summed E-state index contributed by atoms with van der Waals surface area (Å²) in [4.78, 5) is 7.29. The van der Waals surface area contributed by atoms with Crippen LogP contribution >= 0.6 is 11.3 Å². The molecule has 1 atom stereocenters. The standard InChI is InChI=1S/C21H25N3OS/c1-17(7-9-23-10-12-25-13-11-23)24-16-22-20(18-5-3-2-4-6-18)21(24)19-8-14-26-15-19/h2-6,8,14-17H,7,9-13H2,1H3/t17-/m1/s1. The molecule has 5 heteroatoms. The van der Waals surface area contributed by atoms with Crippen molar-refractivity contribution >= 4 is 11.3 Å². The molecule has 1 fully saturated rings. The first-order valence-electron chi connectivity index (χ1n) is 9.28. The zero-order valence-electron chi connectivity index (χ0n) is 15.2. The van der Waals surface area contributed by atoms with Gasteiger partial charge in [-0.25, -0.2) is 4.98 Å². The van der Waals surface area contributed by atoms with Crippen LogP contribution in [-0.4, -0.2) is 47.3 Å². The van der Waals surface area contributed by atoms with E-state index in [1.54, 1.807) is 11.3 Å². The molecular weight excluding hydrogens is 342 g/mol. The van der Waals surface area contributed by atoms with Crippen LogP contribution in [-0.2, 0) is 4.74 Å². The number of thiophene rings is 1. The second-order valence-corrected chi connectivity index (χ2v) is 7.60. The highest BCUT2D eigenvalue weighted by Gasteiger charge is 2.19. The van der Waals surface area contributed by atoms with Gasteiger partial charge in [-0.3, -0.25) is 4.90 Å². The molecule has 4 nitrogen and oxygen atoms in total. The molecule has 26 heavy (non-hydrogen) atoms. The Labute approximate surface area is 159 Å². The van der Waals surface area contributed by atoms with E-state index in [4.69, 9.17) is 9.72 Å². The molecule has 0 amide bonds. The smallest absolute Gasteiger partial charge is 0.0963 e. The molecule has 3 heterocycles. The quantitative estimate of drug-likeness (QED) is 0.640. The first kappa shape index (κ1) is 17.5. The predicted octanol–water partition coefficient (Wildman–Crippen LogP) is 4.56. The molecule has 0 N–H and O–H groups in total. The van der Waals surface area contributed by atoms with E-state index >= 15 is 0 Å². The molecule has 1 aromatic carbocycles. The van der Waals surface area contributed by atoms with E-state index in [0.717, 1.165) is 45.0 Å². The summed E-state index contributed by atoms with van der Waals surface area (Å²) in [5.41, 5.74) is 4.73. The Morgan fingerprint density at radius 3 is 2.65 bits per heavy atom. The first-order chi connectivity index (χ1) is 12.8. The number of nitrogens with zero attached hydrogens (tertiary/aromatic N) is 3. The van der Waals surface area contributed by atoms with E-state index in [1.807, 2.05) is 6.33 Å². The summed E-state index contributed by atoms with van der Waals surface area (Å²) in [6.45, 7) is 7.21. The maximum absolute atomic E-state index is 5.46. The van der Waals surface area contributed by atoms with E-state index in [2.05, 4.69) is 63.5 Å². The monoisotopic (exact) mass is 367 g/mol. The SMILES string of the molecule is C[C@H](CCN1CCOCC1)n1cnc(-c2ccccc2)c1-c1ccsc1. The fourth-order valence-electron chi connectivity index (χ4n) is 3.52. The zero-order valence-corrected chi connectivity index (χ0v) is 16.0. The van der Waals surface area contributed by atoms with Gasteiger partial charge in [0.1, 0.15) is 0 Å². The Bertz CT molecular complexity index is 807.